The maximum absolute atomic E-state index is 5.45. The molecule has 4 nitrogen and oxygen atoms in total. The first-order chi connectivity index (χ1) is 10.2. The molecule has 0 unspecified atom stereocenters. The molecule has 0 saturated carbocycles. The van der Waals surface area contributed by atoms with Gasteiger partial charge in [-0.15, -0.1) is 0 Å². The molecule has 0 bridgehead atoms. The van der Waals surface area contributed by atoms with Gasteiger partial charge in [-0.25, -0.2) is 4.98 Å². The SMILES string of the molecule is COC[C@]([NH3+])(c1ccccc1)c1nc2ccccc2n1C. The van der Waals surface area contributed by atoms with Crippen LogP contribution in [0, 0.1) is 0 Å². The number of quaternary nitrogens is 1. The Bertz CT molecular complexity index is 751. The van der Waals surface area contributed by atoms with Gasteiger partial charge in [0.25, 0.3) is 0 Å². The Morgan fingerprint density at radius 3 is 2.43 bits per heavy atom. The van der Waals surface area contributed by atoms with Crippen LogP contribution in [0.2, 0.25) is 0 Å². The van der Waals surface area contributed by atoms with Crippen LogP contribution in [0.1, 0.15) is 11.4 Å². The Morgan fingerprint density at radius 2 is 1.76 bits per heavy atom. The summed E-state index contributed by atoms with van der Waals surface area (Å²) >= 11 is 0. The quantitative estimate of drug-likeness (QED) is 0.792. The highest BCUT2D eigenvalue weighted by atomic mass is 16.5. The van der Waals surface area contributed by atoms with Crippen molar-refractivity contribution in [3.8, 4) is 0 Å². The number of fused-ring (bicyclic) bond motifs is 1. The van der Waals surface area contributed by atoms with E-state index in [4.69, 9.17) is 9.72 Å². The first-order valence-electron chi connectivity index (χ1n) is 6.98. The number of imidazole rings is 1. The summed E-state index contributed by atoms with van der Waals surface area (Å²) in [6.07, 6.45) is 0. The van der Waals surface area contributed by atoms with Gasteiger partial charge in [0, 0.05) is 19.7 Å². The number of aromatic nitrogens is 2. The molecule has 2 aromatic carbocycles. The summed E-state index contributed by atoms with van der Waals surface area (Å²) in [5.74, 6) is 0.914. The van der Waals surface area contributed by atoms with Gasteiger partial charge in [0.2, 0.25) is 5.54 Å². The van der Waals surface area contributed by atoms with E-state index in [1.165, 1.54) is 0 Å². The number of hydrogen-bond acceptors (Lipinski definition) is 2. The third-order valence-electron chi connectivity index (χ3n) is 3.93. The zero-order chi connectivity index (χ0) is 14.9. The molecule has 0 radical (unpaired) electrons. The minimum absolute atomic E-state index is 0.480. The van der Waals surface area contributed by atoms with Gasteiger partial charge in [0.15, 0.2) is 5.82 Å². The zero-order valence-electron chi connectivity index (χ0n) is 12.4. The van der Waals surface area contributed by atoms with Crippen molar-refractivity contribution in [2.75, 3.05) is 13.7 Å². The lowest BCUT2D eigenvalue weighted by molar-refractivity contribution is -0.480. The largest absolute Gasteiger partial charge is 0.377 e. The van der Waals surface area contributed by atoms with Gasteiger partial charge in [0.05, 0.1) is 11.0 Å². The summed E-state index contributed by atoms with van der Waals surface area (Å²) in [4.78, 5) is 4.80. The van der Waals surface area contributed by atoms with Crippen LogP contribution in [-0.4, -0.2) is 23.3 Å². The second kappa shape index (κ2) is 5.31. The fourth-order valence-corrected chi connectivity index (χ4v) is 2.85. The van der Waals surface area contributed by atoms with Crippen molar-refractivity contribution in [3.05, 3.63) is 66.0 Å². The third-order valence-corrected chi connectivity index (χ3v) is 3.93. The molecule has 0 aliphatic heterocycles. The van der Waals surface area contributed by atoms with Crippen molar-refractivity contribution in [1.29, 1.82) is 0 Å². The van der Waals surface area contributed by atoms with Crippen molar-refractivity contribution in [2.45, 2.75) is 5.54 Å². The van der Waals surface area contributed by atoms with E-state index in [2.05, 4.69) is 28.5 Å². The molecule has 0 fully saturated rings. The number of methoxy groups -OCH3 is 1. The van der Waals surface area contributed by atoms with E-state index in [9.17, 15) is 0 Å². The molecular formula is C17H20N3O+. The van der Waals surface area contributed by atoms with Gasteiger partial charge in [-0.05, 0) is 12.1 Å². The third kappa shape index (κ3) is 2.22. The van der Waals surface area contributed by atoms with Gasteiger partial charge >= 0.3 is 0 Å². The lowest BCUT2D eigenvalue weighted by atomic mass is 9.91. The van der Waals surface area contributed by atoms with Crippen LogP contribution in [0.4, 0.5) is 0 Å². The minimum atomic E-state index is -0.524. The molecule has 3 rings (SSSR count). The minimum Gasteiger partial charge on any atom is -0.377 e. The average molecular weight is 282 g/mol. The van der Waals surface area contributed by atoms with Crippen LogP contribution < -0.4 is 5.73 Å². The Morgan fingerprint density at radius 1 is 1.10 bits per heavy atom. The van der Waals surface area contributed by atoms with Gasteiger partial charge in [-0.1, -0.05) is 42.5 Å². The highest BCUT2D eigenvalue weighted by Gasteiger charge is 2.38. The topological polar surface area (TPSA) is 54.7 Å². The van der Waals surface area contributed by atoms with Crippen LogP contribution >= 0.6 is 0 Å². The Labute approximate surface area is 124 Å². The standard InChI is InChI=1S/C17H19N3O/c1-20-15-11-7-6-10-14(15)19-16(20)17(18,12-21-2)13-8-4-3-5-9-13/h3-11H,12,18H2,1-2H3/p+1/t17-/m0/s1. The average Bonchev–Trinajstić information content (AvgIpc) is 2.86. The number of para-hydroxylation sites is 2. The molecule has 3 aromatic rings. The van der Waals surface area contributed by atoms with E-state index >= 15 is 0 Å². The molecular weight excluding hydrogens is 262 g/mol. The smallest absolute Gasteiger partial charge is 0.202 e. The molecule has 1 heterocycles. The number of ether oxygens (including phenoxy) is 1. The van der Waals surface area contributed by atoms with Crippen LogP contribution in [0.15, 0.2) is 54.6 Å². The molecule has 0 saturated heterocycles. The Hall–Kier alpha value is -2.17. The van der Waals surface area contributed by atoms with E-state index in [-0.39, 0.29) is 0 Å². The number of benzene rings is 2. The van der Waals surface area contributed by atoms with Crippen LogP contribution in [0.25, 0.3) is 11.0 Å². The maximum atomic E-state index is 5.45. The van der Waals surface area contributed by atoms with E-state index < -0.39 is 5.54 Å². The van der Waals surface area contributed by atoms with Crippen LogP contribution in [0.5, 0.6) is 0 Å². The molecule has 108 valence electrons. The second-order valence-corrected chi connectivity index (χ2v) is 5.36. The molecule has 0 aliphatic rings. The zero-order valence-corrected chi connectivity index (χ0v) is 12.4. The second-order valence-electron chi connectivity index (χ2n) is 5.36. The van der Waals surface area contributed by atoms with Gasteiger partial charge < -0.3 is 15.0 Å². The van der Waals surface area contributed by atoms with Gasteiger partial charge in [-0.2, -0.15) is 0 Å². The monoisotopic (exact) mass is 282 g/mol. The predicted molar refractivity (Wildman–Crippen MR) is 82.7 cm³/mol. The fourth-order valence-electron chi connectivity index (χ4n) is 2.85. The lowest BCUT2D eigenvalue weighted by Crippen LogP contribution is -2.73. The molecule has 0 aliphatic carbocycles. The fraction of sp³-hybridized carbons (Fsp3) is 0.235. The molecule has 21 heavy (non-hydrogen) atoms. The van der Waals surface area contributed by atoms with Crippen LogP contribution in [0.3, 0.4) is 0 Å². The molecule has 0 spiro atoms. The molecule has 1 aromatic heterocycles. The highest BCUT2D eigenvalue weighted by molar-refractivity contribution is 5.76. The summed E-state index contributed by atoms with van der Waals surface area (Å²) in [5, 5.41) is 0. The van der Waals surface area contributed by atoms with E-state index in [1.54, 1.807) is 7.11 Å². The first-order valence-corrected chi connectivity index (χ1v) is 6.98. The predicted octanol–water partition coefficient (Wildman–Crippen LogP) is 1.71. The number of aryl methyl sites for hydroxylation is 1. The van der Waals surface area contributed by atoms with E-state index in [0.717, 1.165) is 22.4 Å². The Kier molecular flexibility index (Phi) is 3.49. The molecule has 1 atom stereocenters. The van der Waals surface area contributed by atoms with E-state index in [1.807, 2.05) is 43.4 Å². The highest BCUT2D eigenvalue weighted by Crippen LogP contribution is 2.27. The van der Waals surface area contributed by atoms with Crippen molar-refractivity contribution >= 4 is 11.0 Å². The number of nitrogens with zero attached hydrogens (tertiary/aromatic N) is 2. The van der Waals surface area contributed by atoms with Gasteiger partial charge in [-0.3, -0.25) is 0 Å². The first kappa shape index (κ1) is 13.8. The summed E-state index contributed by atoms with van der Waals surface area (Å²) in [6.45, 7) is 0.480. The normalized spacial score (nSPS) is 14.2. The number of rotatable bonds is 4. The summed E-state index contributed by atoms with van der Waals surface area (Å²) in [6, 6.07) is 18.3. The van der Waals surface area contributed by atoms with Crippen molar-refractivity contribution in [2.24, 2.45) is 7.05 Å². The lowest BCUT2D eigenvalue weighted by Gasteiger charge is -2.25. The van der Waals surface area contributed by atoms with Crippen molar-refractivity contribution in [1.82, 2.24) is 9.55 Å². The molecule has 3 N–H and O–H groups in total. The van der Waals surface area contributed by atoms with Crippen molar-refractivity contribution < 1.29 is 10.5 Å². The Balaban J connectivity index is 2.22. The van der Waals surface area contributed by atoms with E-state index in [0.29, 0.717) is 6.61 Å². The number of hydrogen-bond donors (Lipinski definition) is 1. The molecule has 0 amide bonds. The molecule has 4 heteroatoms. The van der Waals surface area contributed by atoms with Gasteiger partial charge in [0.1, 0.15) is 6.61 Å². The maximum Gasteiger partial charge on any atom is 0.202 e. The summed E-state index contributed by atoms with van der Waals surface area (Å²) < 4.78 is 7.56. The summed E-state index contributed by atoms with van der Waals surface area (Å²) in [5.41, 5.74) is 7.11. The summed E-state index contributed by atoms with van der Waals surface area (Å²) in [7, 11) is 3.73. The van der Waals surface area contributed by atoms with Crippen LogP contribution in [-0.2, 0) is 17.3 Å². The van der Waals surface area contributed by atoms with Crippen molar-refractivity contribution in [3.63, 3.8) is 0 Å².